The van der Waals surface area contributed by atoms with E-state index in [0.717, 1.165) is 36.4 Å². The quantitative estimate of drug-likeness (QED) is 0.403. The lowest BCUT2D eigenvalue weighted by Crippen LogP contribution is -2.17. The summed E-state index contributed by atoms with van der Waals surface area (Å²) in [6, 6.07) is 8.69. The Morgan fingerprint density at radius 1 is 0.966 bits per heavy atom. The van der Waals surface area contributed by atoms with E-state index in [1.54, 1.807) is 6.92 Å². The third kappa shape index (κ3) is 4.47. The van der Waals surface area contributed by atoms with Crippen LogP contribution < -0.4 is 4.74 Å². The molecule has 0 atom stereocenters. The second kappa shape index (κ2) is 7.34. The number of rotatable bonds is 4. The van der Waals surface area contributed by atoms with Gasteiger partial charge in [-0.3, -0.25) is 0 Å². The molecule has 0 aliphatic rings. The highest BCUT2D eigenvalue weighted by molar-refractivity contribution is 5.97. The summed E-state index contributed by atoms with van der Waals surface area (Å²) in [4.78, 5) is 12.3. The van der Waals surface area contributed by atoms with E-state index >= 15 is 0 Å². The normalized spacial score (nSPS) is 12.2. The molecular weight excluding hydrogens is 404 g/mol. The number of carbonyl (C=O) groups excluding carboxylic acids is 1. The van der Waals surface area contributed by atoms with Crippen LogP contribution in [0.1, 0.15) is 23.0 Å². The molecule has 4 nitrogen and oxygen atoms in total. The summed E-state index contributed by atoms with van der Waals surface area (Å²) in [6.45, 7) is 1.61. The third-order valence-corrected chi connectivity index (χ3v) is 3.94. The van der Waals surface area contributed by atoms with Crippen molar-refractivity contribution in [3.63, 3.8) is 0 Å². The molecule has 3 rings (SSSR count). The van der Waals surface area contributed by atoms with Crippen molar-refractivity contribution in [3.05, 3.63) is 59.8 Å². The van der Waals surface area contributed by atoms with Crippen molar-refractivity contribution >= 4 is 16.9 Å². The Labute approximate surface area is 160 Å². The zero-order valence-corrected chi connectivity index (χ0v) is 14.8. The predicted octanol–water partition coefficient (Wildman–Crippen LogP) is 5.72. The molecule has 0 bridgehead atoms. The van der Waals surface area contributed by atoms with Crippen LogP contribution in [0.4, 0.5) is 26.3 Å². The average molecular weight is 417 g/mol. The highest BCUT2D eigenvalue weighted by Crippen LogP contribution is 2.33. The van der Waals surface area contributed by atoms with Crippen LogP contribution >= 0.6 is 0 Å². The van der Waals surface area contributed by atoms with Crippen LogP contribution in [0.25, 0.3) is 16.6 Å². The van der Waals surface area contributed by atoms with Crippen molar-refractivity contribution in [2.75, 3.05) is 6.61 Å². The molecule has 10 heteroatoms. The lowest BCUT2D eigenvalue weighted by molar-refractivity contribution is -0.274. The van der Waals surface area contributed by atoms with E-state index in [-0.39, 0.29) is 23.4 Å². The first kappa shape index (κ1) is 20.6. The van der Waals surface area contributed by atoms with Gasteiger partial charge in [-0.1, -0.05) is 0 Å². The molecular formula is C19H13F6NO3. The van der Waals surface area contributed by atoms with Gasteiger partial charge in [0.1, 0.15) is 11.4 Å². The van der Waals surface area contributed by atoms with E-state index in [4.69, 9.17) is 4.74 Å². The number of hydrogen-bond donors (Lipinski definition) is 0. The molecule has 0 radical (unpaired) electrons. The number of carbonyl (C=O) groups is 1. The van der Waals surface area contributed by atoms with Gasteiger partial charge in [0.25, 0.3) is 0 Å². The maximum Gasteiger partial charge on any atom is 0.573 e. The van der Waals surface area contributed by atoms with E-state index < -0.39 is 29.8 Å². The number of halogens is 6. The molecule has 3 aromatic rings. The van der Waals surface area contributed by atoms with Gasteiger partial charge in [0.2, 0.25) is 0 Å². The third-order valence-electron chi connectivity index (χ3n) is 3.94. The Bertz CT molecular complexity index is 1040. The van der Waals surface area contributed by atoms with Crippen molar-refractivity contribution in [1.29, 1.82) is 0 Å². The first-order chi connectivity index (χ1) is 13.5. The minimum atomic E-state index is -4.90. The average Bonchev–Trinajstić information content (AvgIpc) is 2.98. The number of alkyl halides is 6. The summed E-state index contributed by atoms with van der Waals surface area (Å²) in [7, 11) is 0. The molecule has 0 aliphatic carbocycles. The van der Waals surface area contributed by atoms with E-state index in [1.807, 2.05) is 0 Å². The summed E-state index contributed by atoms with van der Waals surface area (Å²) in [6.07, 6.45) is -9.43. The Morgan fingerprint density at radius 2 is 1.62 bits per heavy atom. The molecule has 0 aliphatic heterocycles. The largest absolute Gasteiger partial charge is 0.573 e. The summed E-state index contributed by atoms with van der Waals surface area (Å²) < 4.78 is 86.0. The molecule has 1 heterocycles. The molecule has 0 spiro atoms. The summed E-state index contributed by atoms with van der Waals surface area (Å²) >= 11 is 0. The first-order valence-electron chi connectivity index (χ1n) is 8.25. The Balaban J connectivity index is 2.15. The van der Waals surface area contributed by atoms with Crippen molar-refractivity contribution in [2.45, 2.75) is 19.5 Å². The number of fused-ring (bicyclic) bond motifs is 1. The molecule has 0 amide bonds. The minimum absolute atomic E-state index is 0.0375. The number of aromatic nitrogens is 1. The van der Waals surface area contributed by atoms with Gasteiger partial charge < -0.3 is 14.0 Å². The van der Waals surface area contributed by atoms with Crippen LogP contribution in [0, 0.1) is 0 Å². The molecule has 0 fully saturated rings. The molecule has 0 saturated carbocycles. The summed E-state index contributed by atoms with van der Waals surface area (Å²) in [5.74, 6) is -1.27. The number of benzene rings is 2. The number of esters is 1. The molecule has 1 aromatic heterocycles. The Hall–Kier alpha value is -3.17. The number of nitrogens with zero attached hydrogens (tertiary/aromatic N) is 1. The number of hydrogen-bond acceptors (Lipinski definition) is 3. The van der Waals surface area contributed by atoms with Crippen LogP contribution in [0.2, 0.25) is 0 Å². The van der Waals surface area contributed by atoms with Gasteiger partial charge in [-0.05, 0) is 55.5 Å². The van der Waals surface area contributed by atoms with E-state index in [1.165, 1.54) is 16.7 Å². The van der Waals surface area contributed by atoms with Crippen LogP contribution in [0.15, 0.2) is 48.5 Å². The van der Waals surface area contributed by atoms with Gasteiger partial charge in [0.15, 0.2) is 0 Å². The van der Waals surface area contributed by atoms with Gasteiger partial charge in [-0.15, -0.1) is 13.2 Å². The van der Waals surface area contributed by atoms with Gasteiger partial charge >= 0.3 is 18.5 Å². The maximum absolute atomic E-state index is 12.8. The fourth-order valence-corrected chi connectivity index (χ4v) is 2.82. The fourth-order valence-electron chi connectivity index (χ4n) is 2.82. The van der Waals surface area contributed by atoms with Gasteiger partial charge in [0.05, 0.1) is 17.7 Å². The lowest BCUT2D eigenvalue weighted by Gasteiger charge is -2.13. The molecule has 0 saturated heterocycles. The van der Waals surface area contributed by atoms with E-state index in [2.05, 4.69) is 4.74 Å². The maximum atomic E-state index is 12.8. The highest BCUT2D eigenvalue weighted by atomic mass is 19.4. The summed E-state index contributed by atoms with van der Waals surface area (Å²) in [5.41, 5.74) is -0.426. The highest BCUT2D eigenvalue weighted by Gasteiger charge is 2.32. The van der Waals surface area contributed by atoms with Gasteiger partial charge in [-0.2, -0.15) is 13.2 Å². The summed E-state index contributed by atoms with van der Waals surface area (Å²) in [5, 5.41) is 0.217. The van der Waals surface area contributed by atoms with E-state index in [0.29, 0.717) is 5.52 Å². The minimum Gasteiger partial charge on any atom is -0.461 e. The van der Waals surface area contributed by atoms with Crippen molar-refractivity contribution in [3.8, 4) is 11.4 Å². The lowest BCUT2D eigenvalue weighted by atomic mass is 10.2. The Kier molecular flexibility index (Phi) is 5.20. The second-order valence-electron chi connectivity index (χ2n) is 5.90. The molecule has 2 aromatic carbocycles. The standard InChI is InChI=1S/C19H13F6NO3/c1-2-28-17(27)16-10-11-9-14(29-19(23,24)25)7-8-15(11)26(16)13-5-3-12(4-6-13)18(20,21)22/h3-10H,2H2,1H3. The van der Waals surface area contributed by atoms with Crippen molar-refractivity contribution < 1.29 is 40.6 Å². The monoisotopic (exact) mass is 417 g/mol. The smallest absolute Gasteiger partial charge is 0.461 e. The first-order valence-corrected chi connectivity index (χ1v) is 8.25. The van der Waals surface area contributed by atoms with Crippen molar-refractivity contribution in [1.82, 2.24) is 4.57 Å². The second-order valence-corrected chi connectivity index (χ2v) is 5.90. The molecule has 29 heavy (non-hydrogen) atoms. The number of ether oxygens (including phenoxy) is 2. The van der Waals surface area contributed by atoms with Crippen LogP contribution in [-0.4, -0.2) is 23.5 Å². The Morgan fingerprint density at radius 3 is 2.17 bits per heavy atom. The van der Waals surface area contributed by atoms with E-state index in [9.17, 15) is 31.1 Å². The van der Waals surface area contributed by atoms with Gasteiger partial charge in [0, 0.05) is 11.1 Å². The topological polar surface area (TPSA) is 40.5 Å². The van der Waals surface area contributed by atoms with Crippen molar-refractivity contribution in [2.24, 2.45) is 0 Å². The zero-order chi connectivity index (χ0) is 21.4. The van der Waals surface area contributed by atoms with Crippen LogP contribution in [0.3, 0.4) is 0 Å². The fraction of sp³-hybridized carbons (Fsp3) is 0.211. The zero-order valence-electron chi connectivity index (χ0n) is 14.8. The molecule has 0 N–H and O–H groups in total. The predicted molar refractivity (Wildman–Crippen MR) is 90.9 cm³/mol. The molecule has 0 unspecified atom stereocenters. The SMILES string of the molecule is CCOC(=O)c1cc2cc(OC(F)(F)F)ccc2n1-c1ccc(C(F)(F)F)cc1. The van der Waals surface area contributed by atoms with Gasteiger partial charge in [-0.25, -0.2) is 4.79 Å². The molecule has 154 valence electrons. The van der Waals surface area contributed by atoms with Crippen LogP contribution in [-0.2, 0) is 10.9 Å². The van der Waals surface area contributed by atoms with Crippen LogP contribution in [0.5, 0.6) is 5.75 Å².